The molecule has 0 spiro atoms. The van der Waals surface area contributed by atoms with Crippen molar-refractivity contribution in [1.29, 1.82) is 0 Å². The van der Waals surface area contributed by atoms with Gasteiger partial charge in [0.25, 0.3) is 0 Å². The van der Waals surface area contributed by atoms with Gasteiger partial charge in [-0.15, -0.1) is 0 Å². The molecular formula is C10H11ClO4. The molecule has 0 aliphatic carbocycles. The number of halogens is 1. The maximum absolute atomic E-state index is 11.3. The van der Waals surface area contributed by atoms with Crippen molar-refractivity contribution in [3.8, 4) is 11.5 Å². The van der Waals surface area contributed by atoms with Crippen molar-refractivity contribution < 1.29 is 19.4 Å². The van der Waals surface area contributed by atoms with Gasteiger partial charge in [0.1, 0.15) is 0 Å². The topological polar surface area (TPSA) is 55.8 Å². The normalized spacial score (nSPS) is 9.80. The molecule has 0 aromatic heterocycles. The van der Waals surface area contributed by atoms with E-state index in [0.29, 0.717) is 0 Å². The van der Waals surface area contributed by atoms with E-state index in [9.17, 15) is 9.90 Å². The number of ether oxygens (including phenoxy) is 2. The zero-order valence-corrected chi connectivity index (χ0v) is 9.17. The summed E-state index contributed by atoms with van der Waals surface area (Å²) in [6.07, 6.45) is 0. The van der Waals surface area contributed by atoms with E-state index in [-0.39, 0.29) is 28.7 Å². The highest BCUT2D eigenvalue weighted by atomic mass is 35.5. The SMILES string of the molecule is CCOC(=O)c1cc(O)c(OC)c(Cl)c1. The third kappa shape index (κ3) is 2.53. The van der Waals surface area contributed by atoms with Crippen molar-refractivity contribution in [2.45, 2.75) is 6.92 Å². The Morgan fingerprint density at radius 2 is 2.20 bits per heavy atom. The number of carbonyl (C=O) groups is 1. The zero-order chi connectivity index (χ0) is 11.4. The number of phenolic OH excluding ortho intramolecular Hbond substituents is 1. The molecule has 0 saturated carbocycles. The van der Waals surface area contributed by atoms with Gasteiger partial charge in [0, 0.05) is 0 Å². The van der Waals surface area contributed by atoms with Gasteiger partial charge in [-0.2, -0.15) is 0 Å². The number of methoxy groups -OCH3 is 1. The van der Waals surface area contributed by atoms with Crippen LogP contribution in [-0.2, 0) is 4.74 Å². The van der Waals surface area contributed by atoms with E-state index in [1.807, 2.05) is 0 Å². The lowest BCUT2D eigenvalue weighted by Crippen LogP contribution is -2.04. The summed E-state index contributed by atoms with van der Waals surface area (Å²) in [5.41, 5.74) is 0.195. The Hall–Kier alpha value is -1.42. The fourth-order valence-corrected chi connectivity index (χ4v) is 1.40. The van der Waals surface area contributed by atoms with Crippen LogP contribution in [0.3, 0.4) is 0 Å². The second kappa shape index (κ2) is 4.89. The first-order valence-corrected chi connectivity index (χ1v) is 4.71. The van der Waals surface area contributed by atoms with Crippen LogP contribution in [0.2, 0.25) is 5.02 Å². The minimum absolute atomic E-state index is 0.143. The van der Waals surface area contributed by atoms with Gasteiger partial charge in [0.05, 0.1) is 24.3 Å². The molecule has 1 aromatic carbocycles. The summed E-state index contributed by atoms with van der Waals surface area (Å²) in [6.45, 7) is 1.96. The van der Waals surface area contributed by atoms with E-state index < -0.39 is 5.97 Å². The fourth-order valence-electron chi connectivity index (χ4n) is 1.11. The Bertz CT molecular complexity index is 353. The second-order valence-corrected chi connectivity index (χ2v) is 3.14. The second-order valence-electron chi connectivity index (χ2n) is 2.73. The smallest absolute Gasteiger partial charge is 0.338 e. The lowest BCUT2D eigenvalue weighted by atomic mass is 10.2. The molecular weight excluding hydrogens is 220 g/mol. The van der Waals surface area contributed by atoms with Crippen molar-refractivity contribution in [2.24, 2.45) is 0 Å². The molecule has 15 heavy (non-hydrogen) atoms. The Morgan fingerprint density at radius 1 is 1.53 bits per heavy atom. The monoisotopic (exact) mass is 230 g/mol. The number of benzene rings is 1. The summed E-state index contributed by atoms with van der Waals surface area (Å²) in [6, 6.07) is 2.64. The molecule has 0 radical (unpaired) electrons. The Balaban J connectivity index is 3.08. The molecule has 0 aliphatic heterocycles. The number of hydrogen-bond acceptors (Lipinski definition) is 4. The summed E-state index contributed by atoms with van der Waals surface area (Å²) in [5.74, 6) is -0.574. The lowest BCUT2D eigenvalue weighted by Gasteiger charge is -2.08. The summed E-state index contributed by atoms with van der Waals surface area (Å²) < 4.78 is 9.60. The number of rotatable bonds is 3. The first-order chi connectivity index (χ1) is 7.10. The molecule has 0 unspecified atom stereocenters. The Morgan fingerprint density at radius 3 is 2.67 bits per heavy atom. The van der Waals surface area contributed by atoms with Gasteiger partial charge >= 0.3 is 5.97 Å². The molecule has 82 valence electrons. The highest BCUT2D eigenvalue weighted by molar-refractivity contribution is 6.32. The number of hydrogen-bond donors (Lipinski definition) is 1. The van der Waals surface area contributed by atoms with Gasteiger partial charge in [-0.25, -0.2) is 4.79 Å². The summed E-state index contributed by atoms with van der Waals surface area (Å²) in [5, 5.41) is 9.64. The number of carbonyl (C=O) groups excluding carboxylic acids is 1. The molecule has 0 atom stereocenters. The predicted octanol–water partition coefficient (Wildman–Crippen LogP) is 2.23. The van der Waals surface area contributed by atoms with E-state index in [1.54, 1.807) is 6.92 Å². The van der Waals surface area contributed by atoms with E-state index in [2.05, 4.69) is 0 Å². The van der Waals surface area contributed by atoms with Crippen molar-refractivity contribution >= 4 is 17.6 Å². The average Bonchev–Trinajstić information content (AvgIpc) is 2.17. The largest absolute Gasteiger partial charge is 0.504 e. The van der Waals surface area contributed by atoms with Gasteiger partial charge in [0.15, 0.2) is 11.5 Å². The summed E-state index contributed by atoms with van der Waals surface area (Å²) in [7, 11) is 1.38. The van der Waals surface area contributed by atoms with Gasteiger partial charge in [-0.3, -0.25) is 0 Å². The Labute approximate surface area is 92.4 Å². The van der Waals surface area contributed by atoms with Crippen LogP contribution < -0.4 is 4.74 Å². The standard InChI is InChI=1S/C10H11ClO4/c1-3-15-10(13)6-4-7(11)9(14-2)8(12)5-6/h4-5,12H,3H2,1-2H3. The van der Waals surface area contributed by atoms with Gasteiger partial charge in [-0.1, -0.05) is 11.6 Å². The molecule has 0 aliphatic rings. The predicted molar refractivity (Wildman–Crippen MR) is 55.6 cm³/mol. The molecule has 5 heteroatoms. The quantitative estimate of drug-likeness (QED) is 0.809. The fraction of sp³-hybridized carbons (Fsp3) is 0.300. The molecule has 1 rings (SSSR count). The molecule has 0 heterocycles. The molecule has 0 bridgehead atoms. The minimum Gasteiger partial charge on any atom is -0.504 e. The van der Waals surface area contributed by atoms with Crippen molar-refractivity contribution in [3.05, 3.63) is 22.7 Å². The third-order valence-electron chi connectivity index (χ3n) is 1.74. The first-order valence-electron chi connectivity index (χ1n) is 4.33. The molecule has 0 saturated heterocycles. The van der Waals surface area contributed by atoms with E-state index >= 15 is 0 Å². The van der Waals surface area contributed by atoms with Crippen LogP contribution in [0.15, 0.2) is 12.1 Å². The highest BCUT2D eigenvalue weighted by Crippen LogP contribution is 2.35. The maximum Gasteiger partial charge on any atom is 0.338 e. The molecule has 4 nitrogen and oxygen atoms in total. The van der Waals surface area contributed by atoms with Gasteiger partial charge in [0.2, 0.25) is 0 Å². The van der Waals surface area contributed by atoms with Crippen molar-refractivity contribution in [2.75, 3.05) is 13.7 Å². The summed E-state index contributed by atoms with van der Waals surface area (Å²) in [4.78, 5) is 11.3. The maximum atomic E-state index is 11.3. The number of phenols is 1. The van der Waals surface area contributed by atoms with Crippen LogP contribution in [0.1, 0.15) is 17.3 Å². The molecule has 1 aromatic rings. The van der Waals surface area contributed by atoms with Crippen molar-refractivity contribution in [3.63, 3.8) is 0 Å². The summed E-state index contributed by atoms with van der Waals surface area (Å²) >= 11 is 5.79. The van der Waals surface area contributed by atoms with E-state index in [1.165, 1.54) is 19.2 Å². The molecule has 0 fully saturated rings. The number of esters is 1. The number of aromatic hydroxyl groups is 1. The van der Waals surface area contributed by atoms with Gasteiger partial charge < -0.3 is 14.6 Å². The van der Waals surface area contributed by atoms with Crippen LogP contribution in [0.25, 0.3) is 0 Å². The van der Waals surface area contributed by atoms with Crippen LogP contribution in [-0.4, -0.2) is 24.8 Å². The third-order valence-corrected chi connectivity index (χ3v) is 2.02. The van der Waals surface area contributed by atoms with Crippen LogP contribution in [0.5, 0.6) is 11.5 Å². The zero-order valence-electron chi connectivity index (χ0n) is 8.41. The average molecular weight is 231 g/mol. The minimum atomic E-state index is -0.530. The molecule has 1 N–H and O–H groups in total. The van der Waals surface area contributed by atoms with Gasteiger partial charge in [-0.05, 0) is 19.1 Å². The Kier molecular flexibility index (Phi) is 3.80. The van der Waals surface area contributed by atoms with E-state index in [0.717, 1.165) is 0 Å². The van der Waals surface area contributed by atoms with Crippen LogP contribution in [0, 0.1) is 0 Å². The van der Waals surface area contributed by atoms with Crippen LogP contribution >= 0.6 is 11.6 Å². The van der Waals surface area contributed by atoms with E-state index in [4.69, 9.17) is 21.1 Å². The lowest BCUT2D eigenvalue weighted by molar-refractivity contribution is 0.0526. The van der Waals surface area contributed by atoms with Crippen LogP contribution in [0.4, 0.5) is 0 Å². The molecule has 0 amide bonds. The highest BCUT2D eigenvalue weighted by Gasteiger charge is 2.14. The van der Waals surface area contributed by atoms with Crippen molar-refractivity contribution in [1.82, 2.24) is 0 Å². The first kappa shape index (κ1) is 11.7.